The first-order valence-electron chi connectivity index (χ1n) is 9.83. The number of rotatable bonds is 7. The van der Waals surface area contributed by atoms with Crippen LogP contribution in [-0.2, 0) is 19.4 Å². The number of amides is 1. The van der Waals surface area contributed by atoms with E-state index in [1.165, 1.54) is 12.1 Å². The third-order valence-corrected chi connectivity index (χ3v) is 6.88. The summed E-state index contributed by atoms with van der Waals surface area (Å²) in [5.74, 6) is 0.367. The molecule has 1 aromatic carbocycles. The molecule has 1 amide bonds. The van der Waals surface area contributed by atoms with Crippen molar-refractivity contribution < 1.29 is 32.9 Å². The van der Waals surface area contributed by atoms with Gasteiger partial charge in [-0.05, 0) is 49.9 Å². The fourth-order valence-corrected chi connectivity index (χ4v) is 4.58. The monoisotopic (exact) mass is 427 g/mol. The highest BCUT2D eigenvalue weighted by Gasteiger charge is 2.45. The Morgan fingerprint density at radius 2 is 1.76 bits per heavy atom. The van der Waals surface area contributed by atoms with Crippen LogP contribution in [0.1, 0.15) is 25.7 Å². The lowest BCUT2D eigenvalue weighted by molar-refractivity contribution is -0.128. The first kappa shape index (κ1) is 22.0. The van der Waals surface area contributed by atoms with E-state index < -0.39 is 27.5 Å². The third kappa shape index (κ3) is 5.69. The number of aliphatic hydroxyl groups is 2. The van der Waals surface area contributed by atoms with E-state index in [9.17, 15) is 23.4 Å². The quantitative estimate of drug-likeness (QED) is 0.580. The van der Waals surface area contributed by atoms with E-state index >= 15 is 0 Å². The predicted molar refractivity (Wildman–Crippen MR) is 105 cm³/mol. The van der Waals surface area contributed by atoms with Crippen LogP contribution in [0.5, 0.6) is 5.75 Å². The third-order valence-electron chi connectivity index (χ3n) is 5.76. The van der Waals surface area contributed by atoms with Crippen molar-refractivity contribution in [3.05, 3.63) is 24.3 Å². The van der Waals surface area contributed by atoms with Crippen LogP contribution >= 0.6 is 0 Å². The van der Waals surface area contributed by atoms with Gasteiger partial charge in [0.1, 0.15) is 5.75 Å². The summed E-state index contributed by atoms with van der Waals surface area (Å²) in [5, 5.41) is 23.1. The number of ether oxygens (including phenoxy) is 2. The number of hydrogen-bond acceptors (Lipinski definition) is 7. The van der Waals surface area contributed by atoms with Crippen LogP contribution in [0.2, 0.25) is 0 Å². The summed E-state index contributed by atoms with van der Waals surface area (Å²) < 4.78 is 34.3. The summed E-state index contributed by atoms with van der Waals surface area (Å²) >= 11 is 0. The molecule has 9 heteroatoms. The van der Waals surface area contributed by atoms with E-state index in [1.54, 1.807) is 12.1 Å². The number of nitrogens with one attached hydrogen (secondary N) is 1. The molecule has 8 nitrogen and oxygen atoms in total. The topological polar surface area (TPSA) is 122 Å². The van der Waals surface area contributed by atoms with Gasteiger partial charge in [-0.15, -0.1) is 0 Å². The second kappa shape index (κ2) is 8.99. The van der Waals surface area contributed by atoms with Crippen LogP contribution in [0, 0.1) is 11.3 Å². The van der Waals surface area contributed by atoms with Crippen molar-refractivity contribution in [2.24, 2.45) is 11.3 Å². The van der Waals surface area contributed by atoms with Crippen LogP contribution in [0.25, 0.3) is 0 Å². The molecule has 1 unspecified atom stereocenters. The van der Waals surface area contributed by atoms with Gasteiger partial charge in [0, 0.05) is 37.3 Å². The fraction of sp³-hybridized carbons (Fsp3) is 0.650. The molecule has 1 aliphatic heterocycles. The number of carbonyl (C=O) groups excluding carboxylic acids is 1. The molecule has 162 valence electrons. The van der Waals surface area contributed by atoms with Gasteiger partial charge in [0.2, 0.25) is 5.91 Å². The van der Waals surface area contributed by atoms with E-state index in [0.29, 0.717) is 51.2 Å². The standard InChI is InChI=1S/C20H29NO7S/c1-29(25,26)16-4-2-15(3-5-16)28-13-20(10-17(22)18(23)11-20)12-21-19(24)14-6-8-27-9-7-14/h2-5,14,17-18,22-23H,6-13H2,1H3,(H,21,24)/t17-,18+,20?. The van der Waals surface area contributed by atoms with Crippen molar-refractivity contribution in [1.29, 1.82) is 0 Å². The van der Waals surface area contributed by atoms with Crippen LogP contribution in [0.4, 0.5) is 0 Å². The molecule has 3 N–H and O–H groups in total. The maximum absolute atomic E-state index is 12.5. The average Bonchev–Trinajstić information content (AvgIpc) is 2.99. The second-order valence-electron chi connectivity index (χ2n) is 8.18. The van der Waals surface area contributed by atoms with Crippen LogP contribution in [-0.4, -0.2) is 69.4 Å². The zero-order valence-corrected chi connectivity index (χ0v) is 17.4. The molecule has 1 saturated heterocycles. The number of hydrogen-bond donors (Lipinski definition) is 3. The van der Waals surface area contributed by atoms with E-state index in [2.05, 4.69) is 5.32 Å². The van der Waals surface area contributed by atoms with Crippen LogP contribution < -0.4 is 10.1 Å². The molecule has 3 atom stereocenters. The van der Waals surface area contributed by atoms with Gasteiger partial charge in [0.05, 0.1) is 23.7 Å². The largest absolute Gasteiger partial charge is 0.493 e. The van der Waals surface area contributed by atoms with Gasteiger partial charge in [-0.3, -0.25) is 4.79 Å². The lowest BCUT2D eigenvalue weighted by Crippen LogP contribution is -2.43. The zero-order valence-electron chi connectivity index (χ0n) is 16.5. The lowest BCUT2D eigenvalue weighted by Gasteiger charge is -2.30. The molecule has 1 saturated carbocycles. The molecule has 2 aliphatic rings. The predicted octanol–water partition coefficient (Wildman–Crippen LogP) is 0.514. The summed E-state index contributed by atoms with van der Waals surface area (Å²) in [5.41, 5.74) is -0.602. The molecule has 0 bridgehead atoms. The van der Waals surface area contributed by atoms with E-state index in [-0.39, 0.29) is 23.3 Å². The Morgan fingerprint density at radius 3 is 2.31 bits per heavy atom. The van der Waals surface area contributed by atoms with E-state index in [1.807, 2.05) is 0 Å². The van der Waals surface area contributed by atoms with E-state index in [4.69, 9.17) is 9.47 Å². The number of benzene rings is 1. The van der Waals surface area contributed by atoms with Crippen LogP contribution in [0.15, 0.2) is 29.2 Å². The van der Waals surface area contributed by atoms with Gasteiger partial charge < -0.3 is 25.0 Å². The Morgan fingerprint density at radius 1 is 1.17 bits per heavy atom. The zero-order chi connectivity index (χ0) is 21.1. The minimum absolute atomic E-state index is 0.0407. The lowest BCUT2D eigenvalue weighted by atomic mass is 9.86. The average molecular weight is 428 g/mol. The fourth-order valence-electron chi connectivity index (χ4n) is 3.95. The molecule has 3 rings (SSSR count). The number of aliphatic hydroxyl groups excluding tert-OH is 2. The molecule has 0 spiro atoms. The highest BCUT2D eigenvalue weighted by molar-refractivity contribution is 7.90. The Kier molecular flexibility index (Phi) is 6.83. The molecule has 0 radical (unpaired) electrons. The summed E-state index contributed by atoms with van der Waals surface area (Å²) in [6, 6.07) is 6.10. The molecule has 2 fully saturated rings. The summed E-state index contributed by atoms with van der Waals surface area (Å²) in [6.45, 7) is 1.63. The van der Waals surface area contributed by atoms with Crippen molar-refractivity contribution >= 4 is 15.7 Å². The maximum Gasteiger partial charge on any atom is 0.223 e. The Bertz CT molecular complexity index is 793. The molecule has 1 heterocycles. The normalized spacial score (nSPS) is 28.2. The van der Waals surface area contributed by atoms with E-state index in [0.717, 1.165) is 6.26 Å². The number of sulfone groups is 1. The first-order valence-corrected chi connectivity index (χ1v) is 11.7. The highest BCUT2D eigenvalue weighted by Crippen LogP contribution is 2.39. The summed E-state index contributed by atoms with van der Waals surface area (Å²) in [6.07, 6.45) is 1.39. The molecule has 1 aliphatic carbocycles. The highest BCUT2D eigenvalue weighted by atomic mass is 32.2. The van der Waals surface area contributed by atoms with Crippen molar-refractivity contribution in [3.63, 3.8) is 0 Å². The van der Waals surface area contributed by atoms with Crippen molar-refractivity contribution in [1.82, 2.24) is 5.32 Å². The van der Waals surface area contributed by atoms with Crippen molar-refractivity contribution in [3.8, 4) is 5.75 Å². The molecular formula is C20H29NO7S. The Balaban J connectivity index is 1.63. The second-order valence-corrected chi connectivity index (χ2v) is 10.2. The Hall–Kier alpha value is -1.68. The van der Waals surface area contributed by atoms with Gasteiger partial charge in [0.25, 0.3) is 0 Å². The van der Waals surface area contributed by atoms with Gasteiger partial charge in [-0.2, -0.15) is 0 Å². The van der Waals surface area contributed by atoms with Gasteiger partial charge in [-0.25, -0.2) is 8.42 Å². The van der Waals surface area contributed by atoms with Crippen molar-refractivity contribution in [2.75, 3.05) is 32.6 Å². The maximum atomic E-state index is 12.5. The van der Waals surface area contributed by atoms with Gasteiger partial charge in [0.15, 0.2) is 9.84 Å². The van der Waals surface area contributed by atoms with Crippen LogP contribution in [0.3, 0.4) is 0 Å². The minimum Gasteiger partial charge on any atom is -0.493 e. The first-order chi connectivity index (χ1) is 13.7. The van der Waals surface area contributed by atoms with Crippen molar-refractivity contribution in [2.45, 2.75) is 42.8 Å². The minimum atomic E-state index is -3.28. The molecular weight excluding hydrogens is 398 g/mol. The summed E-state index contributed by atoms with van der Waals surface area (Å²) in [7, 11) is -3.28. The van der Waals surface area contributed by atoms with Gasteiger partial charge in [-0.1, -0.05) is 0 Å². The Labute approximate surface area is 171 Å². The van der Waals surface area contributed by atoms with Gasteiger partial charge >= 0.3 is 0 Å². The number of carbonyl (C=O) groups is 1. The SMILES string of the molecule is CS(=O)(=O)c1ccc(OCC2(CNC(=O)C3CCOCC3)C[C@@H](O)[C@@H](O)C2)cc1. The molecule has 29 heavy (non-hydrogen) atoms. The summed E-state index contributed by atoms with van der Waals surface area (Å²) in [4.78, 5) is 12.7. The molecule has 1 aromatic rings. The smallest absolute Gasteiger partial charge is 0.223 e. The molecule has 0 aromatic heterocycles.